The summed E-state index contributed by atoms with van der Waals surface area (Å²) in [4.78, 5) is 21.4. The second-order valence-corrected chi connectivity index (χ2v) is 7.03. The maximum absolute atomic E-state index is 12.7. The third kappa shape index (κ3) is 3.83. The maximum Gasteiger partial charge on any atom is 0.289 e. The van der Waals surface area contributed by atoms with Gasteiger partial charge in [0.1, 0.15) is 17.6 Å². The number of nitro groups is 1. The summed E-state index contributed by atoms with van der Waals surface area (Å²) < 4.78 is 32.6. The highest BCUT2D eigenvalue weighted by Crippen LogP contribution is 2.28. The van der Waals surface area contributed by atoms with Crippen LogP contribution in [-0.2, 0) is 20.4 Å². The van der Waals surface area contributed by atoms with Crippen LogP contribution >= 0.6 is 0 Å². The van der Waals surface area contributed by atoms with Crippen LogP contribution in [0.2, 0.25) is 0 Å². The van der Waals surface area contributed by atoms with Gasteiger partial charge in [-0.05, 0) is 30.7 Å². The van der Waals surface area contributed by atoms with Crippen LogP contribution in [-0.4, -0.2) is 26.7 Å². The van der Waals surface area contributed by atoms with Gasteiger partial charge in [0.2, 0.25) is 10.0 Å². The van der Waals surface area contributed by atoms with E-state index in [9.17, 15) is 23.3 Å². The van der Waals surface area contributed by atoms with Gasteiger partial charge in [-0.15, -0.1) is 0 Å². The van der Waals surface area contributed by atoms with Crippen LogP contribution in [0.15, 0.2) is 53.4 Å². The minimum absolute atomic E-state index is 0.337. The van der Waals surface area contributed by atoms with Crippen LogP contribution in [0, 0.1) is 10.1 Å². The molecule has 1 N–H and O–H groups in total. The Morgan fingerprint density at radius 3 is 2.48 bits per heavy atom. The number of hydrogen-bond acceptors (Lipinski definition) is 6. The summed E-state index contributed by atoms with van der Waals surface area (Å²) in [6.45, 7) is 1.36. The molecule has 0 saturated heterocycles. The van der Waals surface area contributed by atoms with Gasteiger partial charge in [-0.25, -0.2) is 8.42 Å². The summed E-state index contributed by atoms with van der Waals surface area (Å²) >= 11 is 0. The van der Waals surface area contributed by atoms with E-state index in [-0.39, 0.29) is 0 Å². The van der Waals surface area contributed by atoms with Gasteiger partial charge in [0, 0.05) is 6.07 Å². The molecule has 0 aliphatic carbocycles. The van der Waals surface area contributed by atoms with Crippen molar-refractivity contribution in [1.29, 1.82) is 0 Å². The minimum atomic E-state index is -4.34. The zero-order chi connectivity index (χ0) is 18.7. The molecule has 0 fully saturated rings. The van der Waals surface area contributed by atoms with Gasteiger partial charge in [0.15, 0.2) is 4.90 Å². The number of nitro benzene ring substituents is 1. The third-order valence-corrected chi connectivity index (χ3v) is 5.22. The first-order valence-electron chi connectivity index (χ1n) is 7.12. The van der Waals surface area contributed by atoms with E-state index in [1.54, 1.807) is 18.2 Å². The lowest BCUT2D eigenvalue weighted by atomic mass is 9.95. The van der Waals surface area contributed by atoms with E-state index in [1.807, 2.05) is 0 Å². The summed E-state index contributed by atoms with van der Waals surface area (Å²) in [5.74, 6) is 0.440. The standard InChI is InChI=1S/C16H16N2O6S/c1-16(11-19,12-6-5-7-13(10-12)24-2)17-25(22,23)15-9-4-3-8-14(15)18(20)21/h3-11,17H,1-2H3. The predicted molar refractivity (Wildman–Crippen MR) is 89.8 cm³/mol. The molecule has 0 heterocycles. The lowest BCUT2D eigenvalue weighted by Crippen LogP contribution is -2.44. The number of benzene rings is 2. The molecule has 2 aromatic carbocycles. The van der Waals surface area contributed by atoms with E-state index in [2.05, 4.69) is 4.72 Å². The molecule has 0 bridgehead atoms. The Balaban J connectivity index is 2.50. The van der Waals surface area contributed by atoms with Crippen molar-refractivity contribution < 1.29 is 22.9 Å². The third-order valence-electron chi connectivity index (χ3n) is 3.60. The largest absolute Gasteiger partial charge is 0.497 e. The number of aldehydes is 1. The number of hydrogen-bond donors (Lipinski definition) is 1. The summed E-state index contributed by atoms with van der Waals surface area (Å²) in [5, 5.41) is 11.1. The highest BCUT2D eigenvalue weighted by molar-refractivity contribution is 7.89. The number of methoxy groups -OCH3 is 1. The Bertz CT molecular complexity index is 912. The molecule has 132 valence electrons. The highest BCUT2D eigenvalue weighted by atomic mass is 32.2. The zero-order valence-corrected chi connectivity index (χ0v) is 14.3. The van der Waals surface area contributed by atoms with Gasteiger partial charge in [0.05, 0.1) is 12.0 Å². The molecule has 1 unspecified atom stereocenters. The number of carbonyl (C=O) groups is 1. The number of nitrogens with one attached hydrogen (secondary N) is 1. The predicted octanol–water partition coefficient (Wildman–Crippen LogP) is 2.00. The van der Waals surface area contributed by atoms with E-state index in [0.717, 1.165) is 12.1 Å². The van der Waals surface area contributed by atoms with Gasteiger partial charge >= 0.3 is 0 Å². The van der Waals surface area contributed by atoms with Crippen LogP contribution in [0.5, 0.6) is 5.75 Å². The molecule has 2 aromatic rings. The number of carbonyl (C=O) groups excluding carboxylic acids is 1. The topological polar surface area (TPSA) is 116 Å². The number of rotatable bonds is 7. The first kappa shape index (κ1) is 18.6. The number of para-hydroxylation sites is 1. The first-order valence-corrected chi connectivity index (χ1v) is 8.60. The molecule has 25 heavy (non-hydrogen) atoms. The molecule has 0 aliphatic rings. The number of nitrogens with zero attached hydrogens (tertiary/aromatic N) is 1. The van der Waals surface area contributed by atoms with Crippen LogP contribution in [0.4, 0.5) is 5.69 Å². The van der Waals surface area contributed by atoms with E-state index >= 15 is 0 Å². The quantitative estimate of drug-likeness (QED) is 0.456. The smallest absolute Gasteiger partial charge is 0.289 e. The van der Waals surface area contributed by atoms with Gasteiger partial charge < -0.3 is 9.53 Å². The average molecular weight is 364 g/mol. The molecule has 9 heteroatoms. The minimum Gasteiger partial charge on any atom is -0.497 e. The lowest BCUT2D eigenvalue weighted by molar-refractivity contribution is -0.387. The summed E-state index contributed by atoms with van der Waals surface area (Å²) in [6, 6.07) is 11.2. The molecule has 2 rings (SSSR count). The van der Waals surface area contributed by atoms with Crippen molar-refractivity contribution in [3.63, 3.8) is 0 Å². The monoisotopic (exact) mass is 364 g/mol. The maximum atomic E-state index is 12.7. The highest BCUT2D eigenvalue weighted by Gasteiger charge is 2.35. The van der Waals surface area contributed by atoms with Gasteiger partial charge in [0.25, 0.3) is 5.69 Å². The molecular weight excluding hydrogens is 348 g/mol. The molecule has 0 saturated carbocycles. The van der Waals surface area contributed by atoms with E-state index < -0.39 is 31.1 Å². The summed E-state index contributed by atoms with van der Waals surface area (Å²) in [5.41, 5.74) is -1.87. The molecule has 0 aliphatic heterocycles. The van der Waals surface area contributed by atoms with Gasteiger partial charge in [-0.3, -0.25) is 10.1 Å². The first-order chi connectivity index (χ1) is 11.7. The summed E-state index contributed by atoms with van der Waals surface area (Å²) in [6.07, 6.45) is 0.425. The van der Waals surface area contributed by atoms with E-state index in [0.29, 0.717) is 17.6 Å². The van der Waals surface area contributed by atoms with Crippen LogP contribution < -0.4 is 9.46 Å². The van der Waals surface area contributed by atoms with Crippen molar-refractivity contribution in [3.05, 3.63) is 64.2 Å². The fraction of sp³-hybridized carbons (Fsp3) is 0.188. The molecule has 0 aromatic heterocycles. The van der Waals surface area contributed by atoms with Crippen LogP contribution in [0.25, 0.3) is 0 Å². The number of ether oxygens (including phenoxy) is 1. The Labute approximate surface area is 144 Å². The fourth-order valence-electron chi connectivity index (χ4n) is 2.27. The Morgan fingerprint density at radius 2 is 1.88 bits per heavy atom. The zero-order valence-electron chi connectivity index (χ0n) is 13.5. The van der Waals surface area contributed by atoms with E-state index in [1.165, 1.54) is 32.2 Å². The fourth-order valence-corrected chi connectivity index (χ4v) is 3.78. The van der Waals surface area contributed by atoms with Crippen molar-refractivity contribution in [2.45, 2.75) is 17.4 Å². The van der Waals surface area contributed by atoms with Crippen molar-refractivity contribution in [2.24, 2.45) is 0 Å². The second kappa shape index (κ2) is 6.99. The molecule has 1 atom stereocenters. The molecule has 8 nitrogen and oxygen atoms in total. The number of sulfonamides is 1. The average Bonchev–Trinajstić information content (AvgIpc) is 2.61. The van der Waals surface area contributed by atoms with Crippen LogP contribution in [0.3, 0.4) is 0 Å². The van der Waals surface area contributed by atoms with Gasteiger partial charge in [-0.1, -0.05) is 24.3 Å². The SMILES string of the molecule is COc1cccc(C(C)(C=O)NS(=O)(=O)c2ccccc2[N+](=O)[O-])c1. The van der Waals surface area contributed by atoms with Crippen molar-refractivity contribution in [2.75, 3.05) is 7.11 Å². The Kier molecular flexibility index (Phi) is 5.19. The van der Waals surface area contributed by atoms with Crippen LogP contribution in [0.1, 0.15) is 12.5 Å². The normalized spacial score (nSPS) is 13.7. The Hall–Kier alpha value is -2.78. The Morgan fingerprint density at radius 1 is 1.20 bits per heavy atom. The molecule has 0 amide bonds. The molecule has 0 radical (unpaired) electrons. The second-order valence-electron chi connectivity index (χ2n) is 5.38. The van der Waals surface area contributed by atoms with Crippen molar-refractivity contribution in [3.8, 4) is 5.75 Å². The summed E-state index contributed by atoms with van der Waals surface area (Å²) in [7, 11) is -2.90. The molecular formula is C16H16N2O6S. The lowest BCUT2D eigenvalue weighted by Gasteiger charge is -2.25. The molecule has 0 spiro atoms. The van der Waals surface area contributed by atoms with Gasteiger partial charge in [-0.2, -0.15) is 4.72 Å². The van der Waals surface area contributed by atoms with E-state index in [4.69, 9.17) is 4.74 Å². The van der Waals surface area contributed by atoms with Crippen molar-refractivity contribution >= 4 is 22.0 Å². The van der Waals surface area contributed by atoms with Crippen molar-refractivity contribution in [1.82, 2.24) is 4.72 Å².